The van der Waals surface area contributed by atoms with Crippen LogP contribution < -0.4 is 5.73 Å². The zero-order valence-electron chi connectivity index (χ0n) is 11.0. The van der Waals surface area contributed by atoms with Crippen LogP contribution in [0.25, 0.3) is 0 Å². The Morgan fingerprint density at radius 3 is 2.40 bits per heavy atom. The Balaban J connectivity index is 2.35. The number of hydrogen-bond acceptors (Lipinski definition) is 4. The number of amides is 1. The van der Waals surface area contributed by atoms with Gasteiger partial charge in [0.15, 0.2) is 0 Å². The van der Waals surface area contributed by atoms with Gasteiger partial charge >= 0.3 is 0 Å². The van der Waals surface area contributed by atoms with E-state index in [0.717, 1.165) is 18.2 Å². The van der Waals surface area contributed by atoms with Crippen LogP contribution in [0.15, 0.2) is 23.1 Å². The molecule has 0 saturated carbocycles. The first-order chi connectivity index (χ1) is 9.32. The summed E-state index contributed by atoms with van der Waals surface area (Å²) in [6.07, 6.45) is 0. The first-order valence-electron chi connectivity index (χ1n) is 6.10. The first kappa shape index (κ1) is 14.9. The topological polar surface area (TPSA) is 83.7 Å². The van der Waals surface area contributed by atoms with Gasteiger partial charge in [-0.3, -0.25) is 4.79 Å². The molecule has 8 heteroatoms. The van der Waals surface area contributed by atoms with Crippen molar-refractivity contribution in [3.8, 4) is 0 Å². The summed E-state index contributed by atoms with van der Waals surface area (Å²) in [5, 5.41) is 0. The van der Waals surface area contributed by atoms with Crippen LogP contribution >= 0.6 is 0 Å². The van der Waals surface area contributed by atoms with Gasteiger partial charge in [-0.2, -0.15) is 4.31 Å². The first-order valence-corrected chi connectivity index (χ1v) is 7.54. The Morgan fingerprint density at radius 2 is 1.85 bits per heavy atom. The predicted molar refractivity (Wildman–Crippen MR) is 71.2 cm³/mol. The maximum Gasteiger partial charge on any atom is 0.251 e. The zero-order chi connectivity index (χ0) is 14.9. The SMILES string of the molecule is CN1CCN(S(=O)(=O)c2ccc(F)c(C(N)=O)c2)CC1. The summed E-state index contributed by atoms with van der Waals surface area (Å²) in [5.74, 6) is -1.81. The number of rotatable bonds is 3. The molecule has 1 saturated heterocycles. The van der Waals surface area contributed by atoms with Crippen molar-refractivity contribution in [2.24, 2.45) is 5.73 Å². The van der Waals surface area contributed by atoms with Crippen molar-refractivity contribution in [3.63, 3.8) is 0 Å². The van der Waals surface area contributed by atoms with Crippen LogP contribution in [0.5, 0.6) is 0 Å². The van der Waals surface area contributed by atoms with E-state index in [-0.39, 0.29) is 4.90 Å². The minimum Gasteiger partial charge on any atom is -0.366 e. The third kappa shape index (κ3) is 2.82. The molecule has 110 valence electrons. The number of benzene rings is 1. The molecular weight excluding hydrogens is 285 g/mol. The van der Waals surface area contributed by atoms with Crippen molar-refractivity contribution < 1.29 is 17.6 Å². The second-order valence-corrected chi connectivity index (χ2v) is 6.65. The van der Waals surface area contributed by atoms with Crippen LogP contribution in [0.4, 0.5) is 4.39 Å². The lowest BCUT2D eigenvalue weighted by atomic mass is 10.2. The van der Waals surface area contributed by atoms with E-state index in [1.165, 1.54) is 4.31 Å². The molecule has 2 N–H and O–H groups in total. The number of nitrogens with two attached hydrogens (primary N) is 1. The molecule has 0 spiro atoms. The van der Waals surface area contributed by atoms with Crippen molar-refractivity contribution in [3.05, 3.63) is 29.6 Å². The van der Waals surface area contributed by atoms with Gasteiger partial charge in [-0.15, -0.1) is 0 Å². The van der Waals surface area contributed by atoms with Gasteiger partial charge < -0.3 is 10.6 Å². The number of nitrogens with zero attached hydrogens (tertiary/aromatic N) is 2. The average Bonchev–Trinajstić information content (AvgIpc) is 2.39. The van der Waals surface area contributed by atoms with Crippen molar-refractivity contribution in [2.45, 2.75) is 4.90 Å². The Kier molecular flexibility index (Phi) is 4.07. The summed E-state index contributed by atoms with van der Waals surface area (Å²) in [6.45, 7) is 1.98. The van der Waals surface area contributed by atoms with E-state index in [2.05, 4.69) is 0 Å². The van der Waals surface area contributed by atoms with Gasteiger partial charge in [0.2, 0.25) is 10.0 Å². The maximum atomic E-state index is 13.4. The molecule has 0 atom stereocenters. The number of carbonyl (C=O) groups excluding carboxylic acids is 1. The van der Waals surface area contributed by atoms with Crippen LogP contribution in [0.1, 0.15) is 10.4 Å². The molecule has 1 heterocycles. The minimum absolute atomic E-state index is 0.114. The lowest BCUT2D eigenvalue weighted by molar-refractivity contribution is 0.0996. The second-order valence-electron chi connectivity index (χ2n) is 4.71. The van der Waals surface area contributed by atoms with Gasteiger partial charge in [-0.1, -0.05) is 0 Å². The fraction of sp³-hybridized carbons (Fsp3) is 0.417. The fourth-order valence-electron chi connectivity index (χ4n) is 2.03. The lowest BCUT2D eigenvalue weighted by Gasteiger charge is -2.31. The molecule has 1 aromatic rings. The summed E-state index contributed by atoms with van der Waals surface area (Å²) < 4.78 is 39.5. The third-order valence-corrected chi connectivity index (χ3v) is 5.20. The Labute approximate surface area is 117 Å². The van der Waals surface area contributed by atoms with Gasteiger partial charge in [0, 0.05) is 26.2 Å². The number of hydrogen-bond donors (Lipinski definition) is 1. The highest BCUT2D eigenvalue weighted by atomic mass is 32.2. The number of likely N-dealkylation sites (N-methyl/N-ethyl adjacent to an activating group) is 1. The molecule has 1 fully saturated rings. The van der Waals surface area contributed by atoms with Crippen LogP contribution in [0, 0.1) is 5.82 Å². The molecule has 1 aliphatic rings. The average molecular weight is 301 g/mol. The van der Waals surface area contributed by atoms with Gasteiger partial charge in [0.1, 0.15) is 5.82 Å². The summed E-state index contributed by atoms with van der Waals surface area (Å²) in [4.78, 5) is 13.0. The molecule has 0 aromatic heterocycles. The molecule has 1 amide bonds. The van der Waals surface area contributed by atoms with Crippen molar-refractivity contribution in [2.75, 3.05) is 33.2 Å². The van der Waals surface area contributed by atoms with Gasteiger partial charge in [0.05, 0.1) is 10.5 Å². The van der Waals surface area contributed by atoms with Gasteiger partial charge in [0.25, 0.3) is 5.91 Å². The molecule has 1 aromatic carbocycles. The van der Waals surface area contributed by atoms with Crippen molar-refractivity contribution in [1.29, 1.82) is 0 Å². The molecule has 0 radical (unpaired) electrons. The monoisotopic (exact) mass is 301 g/mol. The van der Waals surface area contributed by atoms with E-state index in [9.17, 15) is 17.6 Å². The summed E-state index contributed by atoms with van der Waals surface area (Å²) in [5.41, 5.74) is 4.61. The molecule has 0 bridgehead atoms. The van der Waals surface area contributed by atoms with Crippen LogP contribution in [0.2, 0.25) is 0 Å². The largest absolute Gasteiger partial charge is 0.366 e. The summed E-state index contributed by atoms with van der Waals surface area (Å²) >= 11 is 0. The lowest BCUT2D eigenvalue weighted by Crippen LogP contribution is -2.47. The standard InChI is InChI=1S/C12H16FN3O3S/c1-15-4-6-16(7-5-15)20(18,19)9-2-3-11(13)10(8-9)12(14)17/h2-3,8H,4-7H2,1H3,(H2,14,17). The Morgan fingerprint density at radius 1 is 1.25 bits per heavy atom. The summed E-state index contributed by atoms with van der Waals surface area (Å²) in [6, 6.07) is 3.09. The van der Waals surface area contributed by atoms with Crippen molar-refractivity contribution in [1.82, 2.24) is 9.21 Å². The number of halogens is 1. The summed E-state index contributed by atoms with van der Waals surface area (Å²) in [7, 11) is -1.82. The highest BCUT2D eigenvalue weighted by Gasteiger charge is 2.28. The fourth-order valence-corrected chi connectivity index (χ4v) is 3.48. The van der Waals surface area contributed by atoms with E-state index >= 15 is 0 Å². The Hall–Kier alpha value is -1.51. The maximum absolute atomic E-state index is 13.4. The highest BCUT2D eigenvalue weighted by molar-refractivity contribution is 7.89. The second kappa shape index (κ2) is 5.47. The molecular formula is C12H16FN3O3S. The normalized spacial score (nSPS) is 18.1. The molecule has 2 rings (SSSR count). The predicted octanol–water partition coefficient (Wildman–Crippen LogP) is -0.139. The molecule has 0 unspecified atom stereocenters. The molecule has 6 nitrogen and oxygen atoms in total. The number of primary amides is 1. The van der Waals surface area contributed by atoms with E-state index in [4.69, 9.17) is 5.73 Å². The van der Waals surface area contributed by atoms with Crippen LogP contribution in [0.3, 0.4) is 0 Å². The number of piperazine rings is 1. The highest BCUT2D eigenvalue weighted by Crippen LogP contribution is 2.20. The van der Waals surface area contributed by atoms with Crippen molar-refractivity contribution >= 4 is 15.9 Å². The van der Waals surface area contributed by atoms with Gasteiger partial charge in [-0.25, -0.2) is 12.8 Å². The number of carbonyl (C=O) groups is 1. The molecule has 0 aliphatic carbocycles. The van der Waals surface area contributed by atoms with E-state index in [0.29, 0.717) is 26.2 Å². The Bertz CT molecular complexity index is 625. The quantitative estimate of drug-likeness (QED) is 0.842. The number of sulfonamides is 1. The van der Waals surface area contributed by atoms with Crippen LogP contribution in [-0.2, 0) is 10.0 Å². The van der Waals surface area contributed by atoms with Crippen LogP contribution in [-0.4, -0.2) is 56.8 Å². The van der Waals surface area contributed by atoms with E-state index in [1.54, 1.807) is 0 Å². The molecule has 20 heavy (non-hydrogen) atoms. The smallest absolute Gasteiger partial charge is 0.251 e. The van der Waals surface area contributed by atoms with Gasteiger partial charge in [-0.05, 0) is 25.2 Å². The minimum atomic E-state index is -3.73. The molecule has 1 aliphatic heterocycles. The van der Waals surface area contributed by atoms with E-state index < -0.39 is 27.3 Å². The zero-order valence-corrected chi connectivity index (χ0v) is 11.9. The van der Waals surface area contributed by atoms with E-state index in [1.807, 2.05) is 11.9 Å². The third-order valence-electron chi connectivity index (χ3n) is 3.30.